The van der Waals surface area contributed by atoms with Gasteiger partial charge in [-0.25, -0.2) is 9.59 Å². The second-order valence-electron chi connectivity index (χ2n) is 9.39. The molecule has 0 spiro atoms. The SMILES string of the molecule is CC1(C)OC(=O)C(=C(O)C2(C)CC2)C(=O)O1.CC1(C)OC(=O)CC(=O)O1.FC(F)(F)C1CC1.O=C=O. The maximum absolute atomic E-state index is 11.6. The van der Waals surface area contributed by atoms with Crippen molar-refractivity contribution in [3.8, 4) is 0 Å². The summed E-state index contributed by atoms with van der Waals surface area (Å²) in [5.41, 5.74) is -0.825. The first kappa shape index (κ1) is 30.6. The maximum atomic E-state index is 11.6. The predicted molar refractivity (Wildman–Crippen MR) is 108 cm³/mol. The van der Waals surface area contributed by atoms with Crippen LogP contribution in [0.3, 0.4) is 0 Å². The smallest absolute Gasteiger partial charge is 0.391 e. The number of rotatable bonds is 1. The van der Waals surface area contributed by atoms with Gasteiger partial charge in [-0.3, -0.25) is 9.59 Å². The molecule has 2 aliphatic carbocycles. The van der Waals surface area contributed by atoms with Gasteiger partial charge in [-0.2, -0.15) is 22.8 Å². The van der Waals surface area contributed by atoms with Gasteiger partial charge in [-0.1, -0.05) is 6.92 Å². The average Bonchev–Trinajstić information content (AvgIpc) is 3.54. The highest BCUT2D eigenvalue weighted by molar-refractivity contribution is 6.15. The van der Waals surface area contributed by atoms with Crippen LogP contribution in [0.5, 0.6) is 0 Å². The number of aliphatic hydroxyl groups excluding tert-OH is 1. The summed E-state index contributed by atoms with van der Waals surface area (Å²) < 4.78 is 52.8. The first-order valence-electron chi connectivity index (χ1n) is 10.7. The van der Waals surface area contributed by atoms with Gasteiger partial charge in [-0.15, -0.1) is 0 Å². The molecular weight excluding hydrogens is 497 g/mol. The van der Waals surface area contributed by atoms with E-state index in [0.717, 1.165) is 12.8 Å². The zero-order valence-corrected chi connectivity index (χ0v) is 20.3. The molecule has 0 aromatic rings. The summed E-state index contributed by atoms with van der Waals surface area (Å²) in [6.45, 7) is 7.75. The molecule has 0 amide bonds. The van der Waals surface area contributed by atoms with Crippen LogP contribution >= 0.6 is 0 Å². The first-order valence-corrected chi connectivity index (χ1v) is 10.7. The van der Waals surface area contributed by atoms with Crippen molar-refractivity contribution < 1.29 is 66.0 Å². The summed E-state index contributed by atoms with van der Waals surface area (Å²) >= 11 is 0. The zero-order valence-electron chi connectivity index (χ0n) is 20.3. The molecule has 4 fully saturated rings. The third-order valence-corrected chi connectivity index (χ3v) is 4.94. The highest BCUT2D eigenvalue weighted by atomic mass is 19.4. The number of alkyl halides is 3. The van der Waals surface area contributed by atoms with Crippen LogP contribution in [0.15, 0.2) is 11.3 Å². The van der Waals surface area contributed by atoms with Crippen molar-refractivity contribution in [1.29, 1.82) is 0 Å². The number of aliphatic hydroxyl groups is 1. The van der Waals surface area contributed by atoms with E-state index in [1.807, 2.05) is 0 Å². The van der Waals surface area contributed by atoms with E-state index >= 15 is 0 Å². The van der Waals surface area contributed by atoms with E-state index < -0.39 is 53.0 Å². The molecule has 0 bridgehead atoms. The molecule has 1 N–H and O–H groups in total. The quantitative estimate of drug-likeness (QED) is 0.177. The fraction of sp³-hybridized carbons (Fsp3) is 0.682. The van der Waals surface area contributed by atoms with Crippen LogP contribution in [0.1, 0.15) is 66.7 Å². The highest BCUT2D eigenvalue weighted by Gasteiger charge is 2.49. The molecular formula is C22H27F3O11. The van der Waals surface area contributed by atoms with Gasteiger partial charge < -0.3 is 24.1 Å². The minimum absolute atomic E-state index is 0.210. The fourth-order valence-corrected chi connectivity index (χ4v) is 2.74. The maximum Gasteiger partial charge on any atom is 0.391 e. The Morgan fingerprint density at radius 3 is 1.44 bits per heavy atom. The lowest BCUT2D eigenvalue weighted by molar-refractivity contribution is -0.231. The molecule has 4 rings (SSSR count). The van der Waals surface area contributed by atoms with Gasteiger partial charge in [0.15, 0.2) is 5.57 Å². The van der Waals surface area contributed by atoms with Crippen molar-refractivity contribution in [2.24, 2.45) is 11.3 Å². The van der Waals surface area contributed by atoms with Gasteiger partial charge in [0.05, 0.1) is 5.92 Å². The average molecular weight is 524 g/mol. The van der Waals surface area contributed by atoms with Crippen LogP contribution in [0.4, 0.5) is 13.2 Å². The van der Waals surface area contributed by atoms with E-state index in [1.54, 1.807) is 6.92 Å². The Hall–Kier alpha value is -3.41. The Bertz CT molecular complexity index is 909. The van der Waals surface area contributed by atoms with Crippen molar-refractivity contribution in [3.63, 3.8) is 0 Å². The predicted octanol–water partition coefficient (Wildman–Crippen LogP) is 3.02. The summed E-state index contributed by atoms with van der Waals surface area (Å²) in [5, 5.41) is 9.86. The standard InChI is InChI=1S/C11H14O5.C6H8O4.C4H5F3.CO2/c1-10(2)15-8(13)6(9(14)16-10)7(12)11(3)4-5-11;1-6(2)9-4(7)3-5(8)10-6;5-4(6,7)3-1-2-3;2-1-3/h12H,4-5H2,1-3H3;3H2,1-2H3;3H,1-2H2;. The molecule has 2 saturated carbocycles. The van der Waals surface area contributed by atoms with Crippen molar-refractivity contribution in [1.82, 2.24) is 0 Å². The minimum atomic E-state index is -3.89. The Morgan fingerprint density at radius 2 is 1.19 bits per heavy atom. The number of hydrogen-bond donors (Lipinski definition) is 1. The molecule has 2 aliphatic heterocycles. The molecule has 0 atom stereocenters. The number of allylic oxidation sites excluding steroid dienone is 1. The summed E-state index contributed by atoms with van der Waals surface area (Å²) in [7, 11) is 0. The van der Waals surface area contributed by atoms with Crippen LogP contribution in [0.2, 0.25) is 0 Å². The second kappa shape index (κ2) is 11.1. The minimum Gasteiger partial charge on any atom is -0.511 e. The van der Waals surface area contributed by atoms with Gasteiger partial charge in [0.1, 0.15) is 12.2 Å². The van der Waals surface area contributed by atoms with Gasteiger partial charge in [0, 0.05) is 33.1 Å². The molecule has 4 aliphatic rings. The summed E-state index contributed by atoms with van der Waals surface area (Å²) in [5.74, 6) is -6.18. The number of cyclic esters (lactones) is 4. The van der Waals surface area contributed by atoms with Gasteiger partial charge in [0.2, 0.25) is 0 Å². The van der Waals surface area contributed by atoms with Crippen molar-refractivity contribution >= 4 is 30.0 Å². The molecule has 0 aromatic carbocycles. The molecule has 36 heavy (non-hydrogen) atoms. The van der Waals surface area contributed by atoms with E-state index in [9.17, 15) is 37.5 Å². The molecule has 2 saturated heterocycles. The molecule has 0 aromatic heterocycles. The Kier molecular flexibility index (Phi) is 9.45. The lowest BCUT2D eigenvalue weighted by Crippen LogP contribution is -2.42. The van der Waals surface area contributed by atoms with Crippen LogP contribution in [-0.4, -0.2) is 52.9 Å². The van der Waals surface area contributed by atoms with E-state index in [0.29, 0.717) is 12.8 Å². The van der Waals surface area contributed by atoms with Gasteiger partial charge in [-0.05, 0) is 25.7 Å². The van der Waals surface area contributed by atoms with Crippen LogP contribution in [0, 0.1) is 11.3 Å². The third kappa shape index (κ3) is 9.68. The van der Waals surface area contributed by atoms with E-state index in [4.69, 9.17) is 19.1 Å². The number of esters is 4. The van der Waals surface area contributed by atoms with E-state index in [2.05, 4.69) is 9.47 Å². The lowest BCUT2D eigenvalue weighted by atomic mass is 10.0. The van der Waals surface area contributed by atoms with Crippen molar-refractivity contribution in [3.05, 3.63) is 11.3 Å². The Labute approximate surface area is 203 Å². The Morgan fingerprint density at radius 1 is 0.833 bits per heavy atom. The van der Waals surface area contributed by atoms with E-state index in [-0.39, 0.29) is 23.9 Å². The van der Waals surface area contributed by atoms with Crippen LogP contribution in [0.25, 0.3) is 0 Å². The lowest BCUT2D eigenvalue weighted by Gasteiger charge is -2.30. The molecule has 14 heteroatoms. The molecule has 0 radical (unpaired) electrons. The monoisotopic (exact) mass is 524 g/mol. The fourth-order valence-electron chi connectivity index (χ4n) is 2.74. The Balaban J connectivity index is 0.000000277. The molecule has 11 nitrogen and oxygen atoms in total. The summed E-state index contributed by atoms with van der Waals surface area (Å²) in [6.07, 6.45) is -1.70. The number of carbonyl (C=O) groups is 4. The second-order valence-corrected chi connectivity index (χ2v) is 9.39. The van der Waals surface area contributed by atoms with Crippen LogP contribution in [-0.2, 0) is 47.7 Å². The highest BCUT2D eigenvalue weighted by Crippen LogP contribution is 2.51. The summed E-state index contributed by atoms with van der Waals surface area (Å²) in [6, 6.07) is 0. The normalized spacial score (nSPS) is 22.6. The van der Waals surface area contributed by atoms with Crippen LogP contribution < -0.4 is 0 Å². The van der Waals surface area contributed by atoms with Gasteiger partial charge >= 0.3 is 36.2 Å². The van der Waals surface area contributed by atoms with Crippen molar-refractivity contribution in [2.75, 3.05) is 0 Å². The largest absolute Gasteiger partial charge is 0.511 e. The third-order valence-electron chi connectivity index (χ3n) is 4.94. The molecule has 2 heterocycles. The molecule has 202 valence electrons. The molecule has 0 unspecified atom stereocenters. The number of carbonyl (C=O) groups excluding carboxylic acids is 6. The topological polar surface area (TPSA) is 160 Å². The number of ether oxygens (including phenoxy) is 4. The van der Waals surface area contributed by atoms with Gasteiger partial charge in [0.25, 0.3) is 11.6 Å². The number of halogens is 3. The van der Waals surface area contributed by atoms with Crippen molar-refractivity contribution in [2.45, 2.75) is 84.5 Å². The first-order chi connectivity index (χ1) is 16.3. The zero-order chi connectivity index (χ0) is 28.1. The summed E-state index contributed by atoms with van der Waals surface area (Å²) in [4.78, 5) is 60.6. The van der Waals surface area contributed by atoms with E-state index in [1.165, 1.54) is 27.7 Å². The number of hydrogen-bond acceptors (Lipinski definition) is 11.